The Kier molecular flexibility index (Phi) is 4.29. The van der Waals surface area contributed by atoms with E-state index in [2.05, 4.69) is 9.97 Å². The van der Waals surface area contributed by atoms with E-state index in [1.165, 1.54) is 12.5 Å². The molecule has 0 bridgehead atoms. The lowest BCUT2D eigenvalue weighted by Gasteiger charge is -2.39. The first-order valence-electron chi connectivity index (χ1n) is 7.89. The number of carbonyl (C=O) groups excluding carboxylic acids is 1. The zero-order valence-electron chi connectivity index (χ0n) is 13.5. The Labute approximate surface area is 140 Å². The van der Waals surface area contributed by atoms with Crippen molar-refractivity contribution in [2.24, 2.45) is 0 Å². The number of nitrogens with zero attached hydrogens (tertiary/aromatic N) is 3. The third-order valence-corrected chi connectivity index (χ3v) is 4.78. The summed E-state index contributed by atoms with van der Waals surface area (Å²) >= 11 is 0. The van der Waals surface area contributed by atoms with Gasteiger partial charge < -0.3 is 10.0 Å². The molecule has 1 saturated heterocycles. The van der Waals surface area contributed by atoms with Crippen LogP contribution in [0.2, 0.25) is 0 Å². The van der Waals surface area contributed by atoms with Crippen LogP contribution in [0, 0.1) is 6.92 Å². The molecule has 0 unspecified atom stereocenters. The summed E-state index contributed by atoms with van der Waals surface area (Å²) in [4.78, 5) is 34.2. The molecule has 0 radical (unpaired) electrons. The molecule has 1 aliphatic heterocycles. The lowest BCUT2D eigenvalue weighted by molar-refractivity contribution is -0.145. The second-order valence-corrected chi connectivity index (χ2v) is 6.07. The summed E-state index contributed by atoms with van der Waals surface area (Å²) in [5, 5.41) is 9.80. The zero-order valence-corrected chi connectivity index (χ0v) is 13.5. The van der Waals surface area contributed by atoms with Crippen molar-refractivity contribution in [1.29, 1.82) is 0 Å². The predicted octanol–water partition coefficient (Wildman–Crippen LogP) is 2.04. The first-order chi connectivity index (χ1) is 11.5. The molecule has 24 heavy (non-hydrogen) atoms. The van der Waals surface area contributed by atoms with E-state index in [1.54, 1.807) is 11.8 Å². The molecule has 3 rings (SSSR count). The standard InChI is InChI=1S/C18H19N3O3/c1-13-15(11-19-12-20-13)16(22)21-9-7-18(8-10-21,17(23)24)14-5-3-2-4-6-14/h2-6,11-12H,7-10H2,1H3,(H,23,24). The normalized spacial score (nSPS) is 16.6. The number of benzene rings is 1. The van der Waals surface area contributed by atoms with Crippen molar-refractivity contribution in [2.75, 3.05) is 13.1 Å². The predicted molar refractivity (Wildman–Crippen MR) is 87.7 cm³/mol. The van der Waals surface area contributed by atoms with Gasteiger partial charge in [-0.2, -0.15) is 0 Å². The van der Waals surface area contributed by atoms with Crippen LogP contribution in [0.25, 0.3) is 0 Å². The molecule has 6 nitrogen and oxygen atoms in total. The molecular weight excluding hydrogens is 306 g/mol. The van der Waals surface area contributed by atoms with Gasteiger partial charge in [-0.3, -0.25) is 9.59 Å². The van der Waals surface area contributed by atoms with Crippen molar-refractivity contribution >= 4 is 11.9 Å². The number of aliphatic carboxylic acids is 1. The highest BCUT2D eigenvalue weighted by atomic mass is 16.4. The van der Waals surface area contributed by atoms with Crippen LogP contribution in [-0.2, 0) is 10.2 Å². The van der Waals surface area contributed by atoms with Crippen molar-refractivity contribution in [2.45, 2.75) is 25.2 Å². The monoisotopic (exact) mass is 325 g/mol. The molecule has 1 aromatic heterocycles. The fourth-order valence-electron chi connectivity index (χ4n) is 3.25. The molecule has 1 N–H and O–H groups in total. The number of likely N-dealkylation sites (tertiary alicyclic amines) is 1. The molecule has 1 aromatic carbocycles. The lowest BCUT2D eigenvalue weighted by atomic mass is 9.73. The third-order valence-electron chi connectivity index (χ3n) is 4.78. The van der Waals surface area contributed by atoms with Gasteiger partial charge >= 0.3 is 5.97 Å². The van der Waals surface area contributed by atoms with Crippen molar-refractivity contribution in [3.63, 3.8) is 0 Å². The molecule has 0 spiro atoms. The molecule has 2 heterocycles. The van der Waals surface area contributed by atoms with E-state index in [9.17, 15) is 14.7 Å². The number of hydrogen-bond donors (Lipinski definition) is 1. The Morgan fingerprint density at radius 3 is 2.42 bits per heavy atom. The fourth-order valence-corrected chi connectivity index (χ4v) is 3.25. The van der Waals surface area contributed by atoms with Gasteiger partial charge in [0.15, 0.2) is 0 Å². The Bertz CT molecular complexity index is 753. The molecule has 0 saturated carbocycles. The largest absolute Gasteiger partial charge is 0.481 e. The van der Waals surface area contributed by atoms with Crippen molar-refractivity contribution in [3.8, 4) is 0 Å². The number of rotatable bonds is 3. The van der Waals surface area contributed by atoms with Crippen LogP contribution < -0.4 is 0 Å². The van der Waals surface area contributed by atoms with Crippen LogP contribution in [0.15, 0.2) is 42.9 Å². The second kappa shape index (κ2) is 6.39. The van der Waals surface area contributed by atoms with Crippen molar-refractivity contribution in [1.82, 2.24) is 14.9 Å². The van der Waals surface area contributed by atoms with E-state index in [0.717, 1.165) is 5.56 Å². The number of hydrogen-bond acceptors (Lipinski definition) is 4. The van der Waals surface area contributed by atoms with Crippen molar-refractivity contribution < 1.29 is 14.7 Å². The Morgan fingerprint density at radius 2 is 1.83 bits per heavy atom. The van der Waals surface area contributed by atoms with Crippen molar-refractivity contribution in [3.05, 3.63) is 59.7 Å². The van der Waals surface area contributed by atoms with Gasteiger partial charge in [0.2, 0.25) is 0 Å². The smallest absolute Gasteiger partial charge is 0.314 e. The summed E-state index contributed by atoms with van der Waals surface area (Å²) in [5.74, 6) is -0.972. The molecular formula is C18H19N3O3. The molecule has 1 fully saturated rings. The highest BCUT2D eigenvalue weighted by molar-refractivity contribution is 5.95. The van der Waals surface area contributed by atoms with E-state index in [-0.39, 0.29) is 5.91 Å². The molecule has 2 aromatic rings. The first-order valence-corrected chi connectivity index (χ1v) is 7.89. The molecule has 6 heteroatoms. The highest BCUT2D eigenvalue weighted by Gasteiger charge is 2.44. The average molecular weight is 325 g/mol. The number of amides is 1. The van der Waals surface area contributed by atoms with E-state index < -0.39 is 11.4 Å². The molecule has 124 valence electrons. The number of carbonyl (C=O) groups is 2. The maximum atomic E-state index is 12.6. The number of aromatic nitrogens is 2. The van der Waals surface area contributed by atoms with Crippen LogP contribution in [0.4, 0.5) is 0 Å². The summed E-state index contributed by atoms with van der Waals surface area (Å²) in [6, 6.07) is 9.27. The summed E-state index contributed by atoms with van der Waals surface area (Å²) in [5.41, 5.74) is 0.970. The van der Waals surface area contributed by atoms with E-state index in [0.29, 0.717) is 37.2 Å². The van der Waals surface area contributed by atoms with Crippen LogP contribution in [0.3, 0.4) is 0 Å². The number of carboxylic acid groups (broad SMARTS) is 1. The van der Waals surface area contributed by atoms with Gasteiger partial charge in [0, 0.05) is 19.3 Å². The number of aryl methyl sites for hydroxylation is 1. The topological polar surface area (TPSA) is 83.4 Å². The van der Waals surface area contributed by atoms with Gasteiger partial charge in [-0.15, -0.1) is 0 Å². The SMILES string of the molecule is Cc1ncncc1C(=O)N1CCC(C(=O)O)(c2ccccc2)CC1. The van der Waals surface area contributed by atoms with Gasteiger partial charge in [-0.25, -0.2) is 9.97 Å². The molecule has 0 atom stereocenters. The highest BCUT2D eigenvalue weighted by Crippen LogP contribution is 2.36. The summed E-state index contributed by atoms with van der Waals surface area (Å²) < 4.78 is 0. The number of piperidine rings is 1. The third kappa shape index (κ3) is 2.75. The number of carboxylic acids is 1. The maximum Gasteiger partial charge on any atom is 0.314 e. The van der Waals surface area contributed by atoms with Gasteiger partial charge in [0.1, 0.15) is 6.33 Å². The van der Waals surface area contributed by atoms with Gasteiger partial charge in [-0.05, 0) is 25.3 Å². The lowest BCUT2D eigenvalue weighted by Crippen LogP contribution is -2.49. The van der Waals surface area contributed by atoms with Gasteiger partial charge in [0.05, 0.1) is 16.7 Å². The van der Waals surface area contributed by atoms with Crippen LogP contribution >= 0.6 is 0 Å². The van der Waals surface area contributed by atoms with Crippen LogP contribution in [-0.4, -0.2) is 44.9 Å². The minimum absolute atomic E-state index is 0.139. The van der Waals surface area contributed by atoms with Gasteiger partial charge in [0.25, 0.3) is 5.91 Å². The minimum Gasteiger partial charge on any atom is -0.481 e. The first kappa shape index (κ1) is 16.1. The average Bonchev–Trinajstić information content (AvgIpc) is 2.62. The Morgan fingerprint density at radius 1 is 1.17 bits per heavy atom. The summed E-state index contributed by atoms with van der Waals surface area (Å²) in [7, 11) is 0. The fraction of sp³-hybridized carbons (Fsp3) is 0.333. The van der Waals surface area contributed by atoms with Crippen LogP contribution in [0.5, 0.6) is 0 Å². The Balaban J connectivity index is 1.80. The van der Waals surface area contributed by atoms with Gasteiger partial charge in [-0.1, -0.05) is 30.3 Å². The van der Waals surface area contributed by atoms with E-state index in [1.807, 2.05) is 30.3 Å². The molecule has 1 amide bonds. The molecule has 1 aliphatic rings. The minimum atomic E-state index is -0.930. The second-order valence-electron chi connectivity index (χ2n) is 6.07. The summed E-state index contributed by atoms with van der Waals surface area (Å²) in [6.45, 7) is 2.56. The quantitative estimate of drug-likeness (QED) is 0.933. The van der Waals surface area contributed by atoms with E-state index >= 15 is 0 Å². The maximum absolute atomic E-state index is 12.6. The zero-order chi connectivity index (χ0) is 17.2. The Hall–Kier alpha value is -2.76. The van der Waals surface area contributed by atoms with E-state index in [4.69, 9.17) is 0 Å². The molecule has 0 aliphatic carbocycles. The summed E-state index contributed by atoms with van der Waals surface area (Å²) in [6.07, 6.45) is 3.71. The van der Waals surface area contributed by atoms with Crippen LogP contribution in [0.1, 0.15) is 34.5 Å².